The Hall–Kier alpha value is -2.43. The summed E-state index contributed by atoms with van der Waals surface area (Å²) in [7, 11) is 2.31. The lowest BCUT2D eigenvalue weighted by molar-refractivity contribution is -0.390. The molecule has 4 fully saturated rings. The van der Waals surface area contributed by atoms with Crippen molar-refractivity contribution in [2.24, 2.45) is 0 Å². The van der Waals surface area contributed by atoms with E-state index >= 15 is 0 Å². The van der Waals surface area contributed by atoms with Crippen LogP contribution < -0.4 is 0 Å². The highest BCUT2D eigenvalue weighted by Crippen LogP contribution is 2.35. The number of methoxy groups -OCH3 is 2. The fraction of sp³-hybridized carbons (Fsp3) is 0.906. The smallest absolute Gasteiger partial charge is 0.329 e. The number of carboxylic acids is 3. The second-order valence-electron chi connectivity index (χ2n) is 13.7. The maximum Gasteiger partial charge on any atom is 0.329 e. The molecule has 4 saturated heterocycles. The van der Waals surface area contributed by atoms with E-state index in [1.165, 1.54) is 7.11 Å². The third-order valence-corrected chi connectivity index (χ3v) is 9.69. The van der Waals surface area contributed by atoms with Gasteiger partial charge < -0.3 is 118 Å². The van der Waals surface area contributed by atoms with Gasteiger partial charge in [-0.2, -0.15) is 0 Å². The molecule has 4 heterocycles. The predicted octanol–water partition coefficient (Wildman–Crippen LogP) is -8.11. The number of hydrogen-bond acceptors (Lipinski definition) is 24. The summed E-state index contributed by atoms with van der Waals surface area (Å²) in [4.78, 5) is 33.5. The van der Waals surface area contributed by atoms with Crippen molar-refractivity contribution in [1.82, 2.24) is 0 Å². The standard InChI is InChI=1S/C32H52O27/c1-48-24-12(5-50-7-14(35)36)56-31(21(45)17(24)41)57-25-10(3-33)53-30(22(46)19(25)43)58-26-11(4-34)54-32(28(23(26)47)52-9-16(39)40)59-27-13(6-51-8-15(37)38)55-29(49-2)20(44)18(27)42/h10-13,17-34,41-47H,3-9H2,1-2H3,(H,35,36)(H,37,38)(H,39,40)/t10?,11?,12?,13?,17-,18?,19?,20?,21?,22?,23+,24-,25-,26-,27-,28?,29-,30+,31+,32+/m1/s1. The maximum absolute atomic E-state index is 11.5. The predicted molar refractivity (Wildman–Crippen MR) is 178 cm³/mol. The summed E-state index contributed by atoms with van der Waals surface area (Å²) in [5.74, 6) is -4.22. The lowest BCUT2D eigenvalue weighted by Gasteiger charge is -2.49. The Morgan fingerprint density at radius 2 is 0.814 bits per heavy atom. The second-order valence-corrected chi connectivity index (χ2v) is 13.7. The average molecular weight is 869 g/mol. The molecule has 59 heavy (non-hydrogen) atoms. The van der Waals surface area contributed by atoms with Gasteiger partial charge >= 0.3 is 17.9 Å². The number of ether oxygens (including phenoxy) is 12. The Labute approximate surface area is 333 Å². The van der Waals surface area contributed by atoms with E-state index in [1.807, 2.05) is 0 Å². The molecule has 27 nitrogen and oxygen atoms in total. The van der Waals surface area contributed by atoms with Gasteiger partial charge in [0.1, 0.15) is 117 Å². The molecule has 342 valence electrons. The minimum atomic E-state index is -2.12. The first-order valence-electron chi connectivity index (χ1n) is 18.0. The molecule has 0 amide bonds. The minimum absolute atomic E-state index is 0.464. The van der Waals surface area contributed by atoms with Gasteiger partial charge in [0.25, 0.3) is 0 Å². The summed E-state index contributed by atoms with van der Waals surface area (Å²) in [6, 6.07) is 0. The van der Waals surface area contributed by atoms with Gasteiger partial charge in [-0.15, -0.1) is 0 Å². The van der Waals surface area contributed by atoms with Crippen LogP contribution in [0.25, 0.3) is 0 Å². The van der Waals surface area contributed by atoms with Crippen LogP contribution in [0, 0.1) is 0 Å². The molecular weight excluding hydrogens is 816 g/mol. The van der Waals surface area contributed by atoms with E-state index in [1.54, 1.807) is 0 Å². The van der Waals surface area contributed by atoms with Crippen molar-refractivity contribution in [1.29, 1.82) is 0 Å². The maximum atomic E-state index is 11.5. The molecule has 0 aromatic rings. The Kier molecular flexibility index (Phi) is 18.9. The van der Waals surface area contributed by atoms with Crippen LogP contribution in [0.1, 0.15) is 0 Å². The number of carboxylic acid groups (broad SMARTS) is 3. The van der Waals surface area contributed by atoms with Gasteiger partial charge in [0.05, 0.1) is 26.4 Å². The SMILES string of the molecule is CO[C@@H]1OC(COCC(=O)O)[C@@H](O[C@@H]2OC(CO)[C@@H](O[C@@H]3OC(CO)[C@@H](O[C@@H]4OC(COCC(=O)O)[C@@H](OC)[C@H](O)C4O)C(O)C3O)[C@H](O)C2OCC(=O)O)C(O)C1O. The van der Waals surface area contributed by atoms with Gasteiger partial charge in [-0.05, 0) is 0 Å². The molecular formula is C32H52O27. The third kappa shape index (κ3) is 12.1. The Balaban J connectivity index is 1.51. The molecule has 0 bridgehead atoms. The van der Waals surface area contributed by atoms with Crippen molar-refractivity contribution in [3.05, 3.63) is 0 Å². The average Bonchev–Trinajstić information content (AvgIpc) is 3.19. The van der Waals surface area contributed by atoms with Gasteiger partial charge in [-0.25, -0.2) is 14.4 Å². The van der Waals surface area contributed by atoms with Crippen LogP contribution in [-0.2, 0) is 71.2 Å². The topological polar surface area (TPSA) is 405 Å². The van der Waals surface area contributed by atoms with Gasteiger partial charge in [0, 0.05) is 14.2 Å². The molecule has 4 aliphatic rings. The van der Waals surface area contributed by atoms with Crippen molar-refractivity contribution in [3.63, 3.8) is 0 Å². The van der Waals surface area contributed by atoms with Gasteiger partial charge in [0.2, 0.25) is 0 Å². The highest BCUT2D eigenvalue weighted by atomic mass is 16.8. The summed E-state index contributed by atoms with van der Waals surface area (Å²) in [6.07, 6.45) is -34.9. The number of aliphatic hydroxyl groups is 9. The van der Waals surface area contributed by atoms with Crippen LogP contribution in [0.2, 0.25) is 0 Å². The minimum Gasteiger partial charge on any atom is -0.480 e. The quantitative estimate of drug-likeness (QED) is 0.0510. The lowest BCUT2D eigenvalue weighted by atomic mass is 9.95. The van der Waals surface area contributed by atoms with Crippen LogP contribution >= 0.6 is 0 Å². The molecule has 0 aromatic heterocycles. The van der Waals surface area contributed by atoms with Crippen molar-refractivity contribution < 1.29 is 133 Å². The molecule has 0 aromatic carbocycles. The summed E-state index contributed by atoms with van der Waals surface area (Å²) in [5, 5.41) is 125. The van der Waals surface area contributed by atoms with Gasteiger partial charge in [-0.3, -0.25) is 0 Å². The molecule has 27 heteroatoms. The van der Waals surface area contributed by atoms with E-state index in [-0.39, 0.29) is 0 Å². The van der Waals surface area contributed by atoms with Crippen LogP contribution in [0.15, 0.2) is 0 Å². The van der Waals surface area contributed by atoms with E-state index in [0.29, 0.717) is 0 Å². The van der Waals surface area contributed by atoms with Crippen molar-refractivity contribution in [2.45, 2.75) is 123 Å². The zero-order valence-electron chi connectivity index (χ0n) is 31.5. The van der Waals surface area contributed by atoms with E-state index in [0.717, 1.165) is 7.11 Å². The fourth-order valence-corrected chi connectivity index (χ4v) is 6.83. The van der Waals surface area contributed by atoms with E-state index in [2.05, 4.69) is 0 Å². The molecule has 0 spiro atoms. The van der Waals surface area contributed by atoms with Crippen LogP contribution in [0.3, 0.4) is 0 Å². The number of rotatable bonds is 21. The first kappa shape index (κ1) is 49.2. The molecule has 0 saturated carbocycles. The number of aliphatic carboxylic acids is 3. The Morgan fingerprint density at radius 1 is 0.441 bits per heavy atom. The third-order valence-electron chi connectivity index (χ3n) is 9.69. The fourth-order valence-electron chi connectivity index (χ4n) is 6.83. The summed E-state index contributed by atoms with van der Waals surface area (Å²) < 4.78 is 65.6. The van der Waals surface area contributed by atoms with Crippen LogP contribution in [0.4, 0.5) is 0 Å². The molecule has 4 rings (SSSR count). The molecule has 0 aliphatic carbocycles. The van der Waals surface area contributed by atoms with E-state index < -0.39 is 187 Å². The Bertz CT molecular complexity index is 1330. The second kappa shape index (κ2) is 22.6. The largest absolute Gasteiger partial charge is 0.480 e. The molecule has 20 atom stereocenters. The Morgan fingerprint density at radius 3 is 1.27 bits per heavy atom. The number of carbonyl (C=O) groups is 3. The summed E-state index contributed by atoms with van der Waals surface area (Å²) >= 11 is 0. The van der Waals surface area contributed by atoms with Crippen LogP contribution in [-0.4, -0.2) is 262 Å². The highest BCUT2D eigenvalue weighted by Gasteiger charge is 2.56. The number of aliphatic hydroxyl groups excluding tert-OH is 9. The zero-order chi connectivity index (χ0) is 43.7. The van der Waals surface area contributed by atoms with Gasteiger partial charge in [0.15, 0.2) is 25.2 Å². The molecule has 12 N–H and O–H groups in total. The first-order chi connectivity index (χ1) is 28.0. The highest BCUT2D eigenvalue weighted by molar-refractivity contribution is 5.68. The zero-order valence-corrected chi connectivity index (χ0v) is 31.5. The van der Waals surface area contributed by atoms with Crippen LogP contribution in [0.5, 0.6) is 0 Å². The van der Waals surface area contributed by atoms with Crippen molar-refractivity contribution >= 4 is 17.9 Å². The summed E-state index contributed by atoms with van der Waals surface area (Å²) in [6.45, 7) is -5.64. The summed E-state index contributed by atoms with van der Waals surface area (Å²) in [5.41, 5.74) is 0. The number of hydrogen-bond donors (Lipinski definition) is 12. The normalized spacial score (nSPS) is 43.0. The molecule has 0 radical (unpaired) electrons. The van der Waals surface area contributed by atoms with E-state index in [4.69, 9.17) is 67.1 Å². The van der Waals surface area contributed by atoms with Gasteiger partial charge in [-0.1, -0.05) is 0 Å². The van der Waals surface area contributed by atoms with Crippen molar-refractivity contribution in [3.8, 4) is 0 Å². The van der Waals surface area contributed by atoms with Crippen molar-refractivity contribution in [2.75, 3.05) is 60.5 Å². The molecule has 4 aliphatic heterocycles. The monoisotopic (exact) mass is 868 g/mol. The first-order valence-corrected chi connectivity index (χ1v) is 18.0. The van der Waals surface area contributed by atoms with E-state index in [9.17, 15) is 65.4 Å². The lowest BCUT2D eigenvalue weighted by Crippen LogP contribution is -2.68. The molecule has 10 unspecified atom stereocenters.